The van der Waals surface area contributed by atoms with E-state index in [-0.39, 0.29) is 5.82 Å². The number of benzene rings is 1. The van der Waals surface area contributed by atoms with Gasteiger partial charge in [0.25, 0.3) is 0 Å². The van der Waals surface area contributed by atoms with E-state index in [2.05, 4.69) is 4.98 Å². The minimum Gasteiger partial charge on any atom is -0.475 e. The third-order valence-corrected chi connectivity index (χ3v) is 2.56. The molecule has 0 fully saturated rings. The van der Waals surface area contributed by atoms with Gasteiger partial charge in [-0.3, -0.25) is 0 Å². The molecule has 0 bridgehead atoms. The van der Waals surface area contributed by atoms with Crippen molar-refractivity contribution in [1.29, 1.82) is 0 Å². The molecule has 0 aliphatic heterocycles. The maximum Gasteiger partial charge on any atom is 0.372 e. The molecule has 0 amide bonds. The van der Waals surface area contributed by atoms with Crippen LogP contribution in [0.5, 0.6) is 0 Å². The maximum absolute atomic E-state index is 11.0. The first-order valence-electron chi connectivity index (χ1n) is 5.10. The largest absolute Gasteiger partial charge is 0.475 e. The third kappa shape index (κ3) is 1.55. The first kappa shape index (κ1) is 10.6. The molecule has 1 aromatic carbocycles. The highest BCUT2D eigenvalue weighted by Gasteiger charge is 2.15. The Hall–Kier alpha value is -1.88. The van der Waals surface area contributed by atoms with Crippen molar-refractivity contribution in [3.05, 3.63) is 29.6 Å². The van der Waals surface area contributed by atoms with Gasteiger partial charge in [-0.15, -0.1) is 0 Å². The summed E-state index contributed by atoms with van der Waals surface area (Å²) in [5.74, 6) is -0.931. The number of aromatic carboxylic acids is 1. The van der Waals surface area contributed by atoms with E-state index >= 15 is 0 Å². The molecule has 0 unspecified atom stereocenters. The molecular formula is C11H13N3O2. The topological polar surface area (TPSA) is 81.1 Å². The van der Waals surface area contributed by atoms with Crippen LogP contribution in [0.3, 0.4) is 0 Å². The molecule has 2 aromatic rings. The molecular weight excluding hydrogens is 206 g/mol. The van der Waals surface area contributed by atoms with Crippen molar-refractivity contribution in [1.82, 2.24) is 9.55 Å². The lowest BCUT2D eigenvalue weighted by atomic mass is 10.2. The maximum atomic E-state index is 11.0. The van der Waals surface area contributed by atoms with Gasteiger partial charge in [0.15, 0.2) is 0 Å². The second-order valence-corrected chi connectivity index (χ2v) is 3.51. The quantitative estimate of drug-likeness (QED) is 0.813. The van der Waals surface area contributed by atoms with Crippen molar-refractivity contribution in [2.24, 2.45) is 5.73 Å². The number of aryl methyl sites for hydroxylation is 1. The molecule has 3 N–H and O–H groups in total. The predicted octanol–water partition coefficient (Wildman–Crippen LogP) is 1.21. The number of fused-ring (bicyclic) bond motifs is 1. The fourth-order valence-electron chi connectivity index (χ4n) is 1.78. The van der Waals surface area contributed by atoms with Crippen LogP contribution in [-0.4, -0.2) is 20.6 Å². The number of hydrogen-bond acceptors (Lipinski definition) is 3. The molecule has 0 aliphatic rings. The second-order valence-electron chi connectivity index (χ2n) is 3.51. The Morgan fingerprint density at radius 1 is 1.56 bits per heavy atom. The summed E-state index contributed by atoms with van der Waals surface area (Å²) in [6.45, 7) is 2.90. The molecule has 1 aromatic heterocycles. The number of carboxylic acids is 1. The first-order valence-corrected chi connectivity index (χ1v) is 5.10. The Balaban J connectivity index is 2.73. The van der Waals surface area contributed by atoms with Gasteiger partial charge in [-0.25, -0.2) is 9.78 Å². The summed E-state index contributed by atoms with van der Waals surface area (Å²) >= 11 is 0. The van der Waals surface area contributed by atoms with Crippen molar-refractivity contribution in [2.45, 2.75) is 20.0 Å². The monoisotopic (exact) mass is 219 g/mol. The van der Waals surface area contributed by atoms with Gasteiger partial charge in [-0.1, -0.05) is 6.07 Å². The van der Waals surface area contributed by atoms with E-state index in [1.54, 1.807) is 10.6 Å². The van der Waals surface area contributed by atoms with Gasteiger partial charge >= 0.3 is 5.97 Å². The van der Waals surface area contributed by atoms with E-state index in [1.807, 2.05) is 19.1 Å². The third-order valence-electron chi connectivity index (χ3n) is 2.56. The van der Waals surface area contributed by atoms with Crippen LogP contribution in [0, 0.1) is 0 Å². The zero-order valence-corrected chi connectivity index (χ0v) is 8.97. The van der Waals surface area contributed by atoms with Gasteiger partial charge in [0, 0.05) is 13.1 Å². The molecule has 5 heteroatoms. The summed E-state index contributed by atoms with van der Waals surface area (Å²) in [4.78, 5) is 15.1. The number of nitrogens with zero attached hydrogens (tertiary/aromatic N) is 2. The molecule has 2 rings (SSSR count). The van der Waals surface area contributed by atoms with E-state index in [1.165, 1.54) is 0 Å². The summed E-state index contributed by atoms with van der Waals surface area (Å²) < 4.78 is 1.68. The lowest BCUT2D eigenvalue weighted by Gasteiger charge is -2.03. The molecule has 0 radical (unpaired) electrons. The van der Waals surface area contributed by atoms with E-state index in [9.17, 15) is 4.79 Å². The Bertz CT molecular complexity index is 545. The van der Waals surface area contributed by atoms with Crippen LogP contribution in [0.15, 0.2) is 18.2 Å². The molecule has 1 heterocycles. The highest BCUT2D eigenvalue weighted by atomic mass is 16.4. The SMILES string of the molecule is CCn1c(C(=O)O)nc2ccc(CN)cc21. The van der Waals surface area contributed by atoms with E-state index in [4.69, 9.17) is 10.8 Å². The predicted molar refractivity (Wildman–Crippen MR) is 60.3 cm³/mol. The van der Waals surface area contributed by atoms with Crippen LogP contribution in [0.25, 0.3) is 11.0 Å². The number of carboxylic acid groups (broad SMARTS) is 1. The second kappa shape index (κ2) is 3.94. The van der Waals surface area contributed by atoms with E-state index in [0.717, 1.165) is 11.1 Å². The Kier molecular flexibility index (Phi) is 2.62. The molecule has 5 nitrogen and oxygen atoms in total. The zero-order chi connectivity index (χ0) is 11.7. The fraction of sp³-hybridized carbons (Fsp3) is 0.273. The molecule has 0 atom stereocenters. The van der Waals surface area contributed by atoms with Crippen molar-refractivity contribution < 1.29 is 9.90 Å². The minimum absolute atomic E-state index is 0.0756. The Labute approximate surface area is 92.5 Å². The van der Waals surface area contributed by atoms with Crippen LogP contribution in [0.4, 0.5) is 0 Å². The van der Waals surface area contributed by atoms with Gasteiger partial charge in [0.05, 0.1) is 11.0 Å². The lowest BCUT2D eigenvalue weighted by Crippen LogP contribution is -2.08. The van der Waals surface area contributed by atoms with Crippen molar-refractivity contribution >= 4 is 17.0 Å². The summed E-state index contributed by atoms with van der Waals surface area (Å²) in [6.07, 6.45) is 0. The summed E-state index contributed by atoms with van der Waals surface area (Å²) in [5.41, 5.74) is 8.04. The highest BCUT2D eigenvalue weighted by molar-refractivity contribution is 5.90. The van der Waals surface area contributed by atoms with Crippen molar-refractivity contribution in [3.63, 3.8) is 0 Å². The fourth-order valence-corrected chi connectivity index (χ4v) is 1.78. The number of carbonyl (C=O) groups is 1. The summed E-state index contributed by atoms with van der Waals surface area (Å²) in [6, 6.07) is 5.55. The van der Waals surface area contributed by atoms with Crippen LogP contribution in [0.1, 0.15) is 23.1 Å². The normalized spacial score (nSPS) is 10.9. The molecule has 0 spiro atoms. The smallest absolute Gasteiger partial charge is 0.372 e. The van der Waals surface area contributed by atoms with Crippen LogP contribution in [0.2, 0.25) is 0 Å². The minimum atomic E-state index is -1.01. The molecule has 0 saturated heterocycles. The van der Waals surface area contributed by atoms with Crippen LogP contribution < -0.4 is 5.73 Å². The van der Waals surface area contributed by atoms with Gasteiger partial charge in [-0.05, 0) is 24.6 Å². The van der Waals surface area contributed by atoms with Crippen molar-refractivity contribution in [2.75, 3.05) is 0 Å². The molecule has 84 valence electrons. The van der Waals surface area contributed by atoms with Gasteiger partial charge in [0.2, 0.25) is 5.82 Å². The van der Waals surface area contributed by atoms with E-state index in [0.29, 0.717) is 18.6 Å². The number of aromatic nitrogens is 2. The van der Waals surface area contributed by atoms with Crippen LogP contribution in [-0.2, 0) is 13.1 Å². The Morgan fingerprint density at radius 3 is 2.88 bits per heavy atom. The first-order chi connectivity index (χ1) is 7.67. The van der Waals surface area contributed by atoms with E-state index < -0.39 is 5.97 Å². The molecule has 0 saturated carbocycles. The lowest BCUT2D eigenvalue weighted by molar-refractivity contribution is 0.0679. The molecule has 0 aliphatic carbocycles. The molecule has 16 heavy (non-hydrogen) atoms. The number of nitrogens with two attached hydrogens (primary N) is 1. The van der Waals surface area contributed by atoms with Crippen LogP contribution >= 0.6 is 0 Å². The standard InChI is InChI=1S/C11H13N3O2/c1-2-14-9-5-7(6-12)3-4-8(9)13-10(14)11(15)16/h3-5H,2,6,12H2,1H3,(H,15,16). The van der Waals surface area contributed by atoms with Gasteiger partial charge in [-0.2, -0.15) is 0 Å². The number of rotatable bonds is 3. The zero-order valence-electron chi connectivity index (χ0n) is 8.97. The number of imidazole rings is 1. The van der Waals surface area contributed by atoms with Crippen molar-refractivity contribution in [3.8, 4) is 0 Å². The summed E-state index contributed by atoms with van der Waals surface area (Å²) in [7, 11) is 0. The summed E-state index contributed by atoms with van der Waals surface area (Å²) in [5, 5.41) is 9.02. The average molecular weight is 219 g/mol. The number of hydrogen-bond donors (Lipinski definition) is 2. The van der Waals surface area contributed by atoms with Gasteiger partial charge in [0.1, 0.15) is 0 Å². The average Bonchev–Trinajstić information content (AvgIpc) is 2.66. The van der Waals surface area contributed by atoms with Gasteiger partial charge < -0.3 is 15.4 Å². The Morgan fingerprint density at radius 2 is 2.31 bits per heavy atom. The highest BCUT2D eigenvalue weighted by Crippen LogP contribution is 2.18.